The normalized spacial score (nSPS) is 25.4. The molecule has 0 spiro atoms. The van der Waals surface area contributed by atoms with E-state index < -0.39 is 0 Å². The molecule has 2 aliphatic heterocycles. The van der Waals surface area contributed by atoms with Crippen molar-refractivity contribution in [2.75, 3.05) is 39.4 Å². The first kappa shape index (κ1) is 17.4. The smallest absolute Gasteiger partial charge is 0.257 e. The maximum Gasteiger partial charge on any atom is 0.257 e. The number of aryl methyl sites for hydroxylation is 2. The van der Waals surface area contributed by atoms with E-state index in [4.69, 9.17) is 4.74 Å². The van der Waals surface area contributed by atoms with Crippen LogP contribution in [0, 0.1) is 19.8 Å². The van der Waals surface area contributed by atoms with E-state index in [1.54, 1.807) is 0 Å². The zero-order valence-corrected chi connectivity index (χ0v) is 15.4. The fourth-order valence-corrected chi connectivity index (χ4v) is 4.22. The molecule has 3 rings (SSSR count). The Labute approximate surface area is 144 Å². The van der Waals surface area contributed by atoms with Crippen molar-refractivity contribution < 1.29 is 9.53 Å². The van der Waals surface area contributed by atoms with Crippen LogP contribution in [0.15, 0.2) is 0 Å². The highest BCUT2D eigenvalue weighted by atomic mass is 16.5. The van der Waals surface area contributed by atoms with Crippen LogP contribution in [0.1, 0.15) is 42.0 Å². The van der Waals surface area contributed by atoms with E-state index in [9.17, 15) is 4.79 Å². The summed E-state index contributed by atoms with van der Waals surface area (Å²) in [6, 6.07) is 0.463. The van der Waals surface area contributed by atoms with Crippen molar-refractivity contribution in [1.82, 2.24) is 19.6 Å². The van der Waals surface area contributed by atoms with Gasteiger partial charge in [-0.3, -0.25) is 14.4 Å². The van der Waals surface area contributed by atoms with E-state index in [1.165, 1.54) is 0 Å². The number of amides is 1. The molecule has 0 aliphatic carbocycles. The minimum absolute atomic E-state index is 0.152. The van der Waals surface area contributed by atoms with Gasteiger partial charge in [-0.15, -0.1) is 0 Å². The van der Waals surface area contributed by atoms with Gasteiger partial charge in [0.05, 0.1) is 24.5 Å². The third kappa shape index (κ3) is 3.09. The summed E-state index contributed by atoms with van der Waals surface area (Å²) in [5.74, 6) is 0.702. The summed E-state index contributed by atoms with van der Waals surface area (Å²) in [5, 5.41) is 4.51. The van der Waals surface area contributed by atoms with Crippen LogP contribution >= 0.6 is 0 Å². The molecule has 1 amide bonds. The summed E-state index contributed by atoms with van der Waals surface area (Å²) in [7, 11) is 0. The number of morpholine rings is 1. The average Bonchev–Trinajstić information content (AvgIpc) is 3.16. The summed E-state index contributed by atoms with van der Waals surface area (Å²) in [4.78, 5) is 17.7. The SMILES string of the molecule is CC[C@H]1CN(C(=O)c2c(C)nn(CC)c2C)C[C@H]1N1CCOCC1. The first-order valence-corrected chi connectivity index (χ1v) is 9.21. The van der Waals surface area contributed by atoms with Gasteiger partial charge in [-0.1, -0.05) is 13.3 Å². The average molecular weight is 334 g/mol. The van der Waals surface area contributed by atoms with Crippen molar-refractivity contribution in [3.05, 3.63) is 17.0 Å². The van der Waals surface area contributed by atoms with E-state index in [0.29, 0.717) is 12.0 Å². The summed E-state index contributed by atoms with van der Waals surface area (Å²) >= 11 is 0. The molecule has 24 heavy (non-hydrogen) atoms. The molecule has 0 aromatic carbocycles. The topological polar surface area (TPSA) is 50.6 Å². The number of hydrogen-bond donors (Lipinski definition) is 0. The molecule has 1 aromatic heterocycles. The first-order valence-electron chi connectivity index (χ1n) is 9.21. The Morgan fingerprint density at radius 3 is 2.50 bits per heavy atom. The molecule has 2 saturated heterocycles. The molecular formula is C18H30N4O2. The zero-order valence-electron chi connectivity index (χ0n) is 15.4. The van der Waals surface area contributed by atoms with Crippen molar-refractivity contribution in [2.45, 2.75) is 46.7 Å². The van der Waals surface area contributed by atoms with Crippen LogP contribution in [-0.4, -0.2) is 70.9 Å². The lowest BCUT2D eigenvalue weighted by molar-refractivity contribution is 0.0103. The van der Waals surface area contributed by atoms with Crippen molar-refractivity contribution in [3.8, 4) is 0 Å². The summed E-state index contributed by atoms with van der Waals surface area (Å²) in [6.45, 7) is 14.3. The lowest BCUT2D eigenvalue weighted by atomic mass is 9.99. The Hall–Kier alpha value is -1.40. The van der Waals surface area contributed by atoms with Gasteiger partial charge in [0.2, 0.25) is 0 Å². The van der Waals surface area contributed by atoms with Crippen LogP contribution in [0.5, 0.6) is 0 Å². The number of aromatic nitrogens is 2. The van der Waals surface area contributed by atoms with E-state index in [0.717, 1.165) is 69.3 Å². The van der Waals surface area contributed by atoms with Gasteiger partial charge in [0.1, 0.15) is 0 Å². The van der Waals surface area contributed by atoms with E-state index in [-0.39, 0.29) is 5.91 Å². The number of likely N-dealkylation sites (tertiary alicyclic amines) is 1. The van der Waals surface area contributed by atoms with Crippen LogP contribution < -0.4 is 0 Å². The molecule has 134 valence electrons. The molecule has 0 N–H and O–H groups in total. The van der Waals surface area contributed by atoms with Gasteiger partial charge in [-0.25, -0.2) is 0 Å². The second kappa shape index (κ2) is 7.23. The van der Waals surface area contributed by atoms with Gasteiger partial charge in [-0.2, -0.15) is 5.10 Å². The van der Waals surface area contributed by atoms with Crippen LogP contribution in [-0.2, 0) is 11.3 Å². The minimum atomic E-state index is 0.152. The number of ether oxygens (including phenoxy) is 1. The second-order valence-electron chi connectivity index (χ2n) is 6.96. The number of carbonyl (C=O) groups is 1. The van der Waals surface area contributed by atoms with E-state index >= 15 is 0 Å². The molecule has 3 heterocycles. The molecule has 0 radical (unpaired) electrons. The first-order chi connectivity index (χ1) is 11.6. The minimum Gasteiger partial charge on any atom is -0.379 e. The fourth-order valence-electron chi connectivity index (χ4n) is 4.22. The molecular weight excluding hydrogens is 304 g/mol. The second-order valence-corrected chi connectivity index (χ2v) is 6.96. The maximum atomic E-state index is 13.1. The van der Waals surface area contributed by atoms with Gasteiger partial charge >= 0.3 is 0 Å². The number of nitrogens with zero attached hydrogens (tertiary/aromatic N) is 4. The van der Waals surface area contributed by atoms with Gasteiger partial charge in [0.15, 0.2) is 0 Å². The molecule has 2 atom stereocenters. The molecule has 2 fully saturated rings. The Kier molecular flexibility index (Phi) is 5.25. The van der Waals surface area contributed by atoms with E-state index in [1.807, 2.05) is 23.4 Å². The molecule has 0 saturated carbocycles. The van der Waals surface area contributed by atoms with Gasteiger partial charge in [0, 0.05) is 44.5 Å². The molecule has 2 aliphatic rings. The number of carbonyl (C=O) groups excluding carboxylic acids is 1. The van der Waals surface area contributed by atoms with Gasteiger partial charge < -0.3 is 9.64 Å². The van der Waals surface area contributed by atoms with Crippen LogP contribution in [0.3, 0.4) is 0 Å². The lowest BCUT2D eigenvalue weighted by Gasteiger charge is -2.34. The van der Waals surface area contributed by atoms with Gasteiger partial charge in [0.25, 0.3) is 5.91 Å². The van der Waals surface area contributed by atoms with E-state index in [2.05, 4.69) is 23.8 Å². The molecule has 1 aromatic rings. The summed E-state index contributed by atoms with van der Waals surface area (Å²) in [6.07, 6.45) is 1.11. The van der Waals surface area contributed by atoms with Crippen LogP contribution in [0.4, 0.5) is 0 Å². The standard InChI is InChI=1S/C18H30N4O2/c1-5-15-11-21(12-16(15)20-7-9-24-10-8-20)18(23)17-13(3)19-22(6-2)14(17)4/h15-16H,5-12H2,1-4H3/t15-,16+/m0/s1. The predicted octanol–water partition coefficient (Wildman–Crippen LogP) is 1.70. The largest absolute Gasteiger partial charge is 0.379 e. The fraction of sp³-hybridized carbons (Fsp3) is 0.778. The van der Waals surface area contributed by atoms with Crippen LogP contribution in [0.2, 0.25) is 0 Å². The third-order valence-electron chi connectivity index (χ3n) is 5.63. The highest BCUT2D eigenvalue weighted by Gasteiger charge is 2.39. The molecule has 0 unspecified atom stereocenters. The monoisotopic (exact) mass is 334 g/mol. The Morgan fingerprint density at radius 1 is 1.21 bits per heavy atom. The van der Waals surface area contributed by atoms with Gasteiger partial charge in [-0.05, 0) is 26.7 Å². The highest BCUT2D eigenvalue weighted by molar-refractivity contribution is 5.96. The number of hydrogen-bond acceptors (Lipinski definition) is 4. The molecule has 6 nitrogen and oxygen atoms in total. The zero-order chi connectivity index (χ0) is 17.3. The Bertz CT molecular complexity index is 592. The third-order valence-corrected chi connectivity index (χ3v) is 5.63. The van der Waals surface area contributed by atoms with Crippen molar-refractivity contribution >= 4 is 5.91 Å². The summed E-state index contributed by atoms with van der Waals surface area (Å²) < 4.78 is 7.41. The quantitative estimate of drug-likeness (QED) is 0.841. The summed E-state index contributed by atoms with van der Waals surface area (Å²) in [5.41, 5.74) is 2.64. The number of rotatable bonds is 4. The maximum absolute atomic E-state index is 13.1. The predicted molar refractivity (Wildman–Crippen MR) is 93.2 cm³/mol. The molecule has 0 bridgehead atoms. The van der Waals surface area contributed by atoms with Crippen molar-refractivity contribution in [1.29, 1.82) is 0 Å². The van der Waals surface area contributed by atoms with Crippen molar-refractivity contribution in [3.63, 3.8) is 0 Å². The lowest BCUT2D eigenvalue weighted by Crippen LogP contribution is -2.47. The molecule has 6 heteroatoms. The Morgan fingerprint density at radius 2 is 1.92 bits per heavy atom. The van der Waals surface area contributed by atoms with Crippen LogP contribution in [0.25, 0.3) is 0 Å². The van der Waals surface area contributed by atoms with Crippen molar-refractivity contribution in [2.24, 2.45) is 5.92 Å². The Balaban J connectivity index is 1.77. The highest BCUT2D eigenvalue weighted by Crippen LogP contribution is 2.28.